The molecule has 0 heterocycles. The van der Waals surface area contributed by atoms with Gasteiger partial charge in [-0.05, 0) is 24.8 Å². The number of hydrogen-bond acceptors (Lipinski definition) is 3. The van der Waals surface area contributed by atoms with Crippen molar-refractivity contribution in [3.8, 4) is 0 Å². The van der Waals surface area contributed by atoms with Crippen LogP contribution in [-0.4, -0.2) is 31.0 Å². The molecular weight excluding hydrogens is 238 g/mol. The number of aryl methyl sites for hydroxylation is 1. The summed E-state index contributed by atoms with van der Waals surface area (Å²) in [5, 5.41) is 9.19. The lowest BCUT2D eigenvalue weighted by atomic mass is 10.1. The molecule has 3 N–H and O–H groups in total. The lowest BCUT2D eigenvalue weighted by Crippen LogP contribution is -2.25. The van der Waals surface area contributed by atoms with Crippen LogP contribution in [0.4, 0.5) is 0 Å². The molecule has 0 aromatic heterocycles. The maximum Gasteiger partial charge on any atom is 0.0895 e. The summed E-state index contributed by atoms with van der Waals surface area (Å²) in [7, 11) is 0. The van der Waals surface area contributed by atoms with Gasteiger partial charge in [-0.15, -0.1) is 0 Å². The van der Waals surface area contributed by atoms with Crippen molar-refractivity contribution >= 4 is 0 Å². The SMILES string of the molecule is NCC(O)COCCCCCCCc1ccccc1. The molecule has 1 rings (SSSR count). The molecule has 0 aliphatic heterocycles. The number of aliphatic hydroxyl groups excluding tert-OH is 1. The highest BCUT2D eigenvalue weighted by atomic mass is 16.5. The Morgan fingerprint density at radius 2 is 1.68 bits per heavy atom. The average molecular weight is 265 g/mol. The minimum Gasteiger partial charge on any atom is -0.389 e. The summed E-state index contributed by atoms with van der Waals surface area (Å²) in [5.74, 6) is 0. The maximum absolute atomic E-state index is 9.19. The molecule has 108 valence electrons. The third-order valence-corrected chi connectivity index (χ3v) is 3.18. The van der Waals surface area contributed by atoms with Crippen LogP contribution >= 0.6 is 0 Å². The molecule has 19 heavy (non-hydrogen) atoms. The summed E-state index contributed by atoms with van der Waals surface area (Å²) in [6.07, 6.45) is 6.74. The molecule has 1 unspecified atom stereocenters. The van der Waals surface area contributed by atoms with E-state index in [0.717, 1.165) is 13.0 Å². The van der Waals surface area contributed by atoms with Crippen LogP contribution in [0.2, 0.25) is 0 Å². The predicted molar refractivity (Wildman–Crippen MR) is 79.1 cm³/mol. The van der Waals surface area contributed by atoms with Crippen molar-refractivity contribution in [2.24, 2.45) is 5.73 Å². The Hall–Kier alpha value is -0.900. The van der Waals surface area contributed by atoms with Crippen molar-refractivity contribution in [1.29, 1.82) is 0 Å². The van der Waals surface area contributed by atoms with E-state index in [-0.39, 0.29) is 6.54 Å². The van der Waals surface area contributed by atoms with Crippen molar-refractivity contribution in [2.75, 3.05) is 19.8 Å². The highest BCUT2D eigenvalue weighted by Gasteiger charge is 1.99. The van der Waals surface area contributed by atoms with Crippen LogP contribution in [0.15, 0.2) is 30.3 Å². The number of ether oxygens (including phenoxy) is 1. The summed E-state index contributed by atoms with van der Waals surface area (Å²) < 4.78 is 5.33. The lowest BCUT2D eigenvalue weighted by Gasteiger charge is -2.08. The molecule has 3 heteroatoms. The molecule has 0 saturated carbocycles. The quantitative estimate of drug-likeness (QED) is 0.604. The number of rotatable bonds is 11. The fourth-order valence-electron chi connectivity index (χ4n) is 2.00. The van der Waals surface area contributed by atoms with Gasteiger partial charge in [0.25, 0.3) is 0 Å². The van der Waals surface area contributed by atoms with Crippen LogP contribution in [0.5, 0.6) is 0 Å². The van der Waals surface area contributed by atoms with Gasteiger partial charge in [0, 0.05) is 13.2 Å². The standard InChI is InChI=1S/C16H27NO2/c17-13-16(18)14-19-12-8-3-1-2-5-9-15-10-6-4-7-11-15/h4,6-7,10-11,16,18H,1-3,5,8-9,12-14,17H2. The van der Waals surface area contributed by atoms with Crippen molar-refractivity contribution in [1.82, 2.24) is 0 Å². The van der Waals surface area contributed by atoms with E-state index < -0.39 is 6.10 Å². The van der Waals surface area contributed by atoms with E-state index in [1.54, 1.807) is 0 Å². The smallest absolute Gasteiger partial charge is 0.0895 e. The van der Waals surface area contributed by atoms with Crippen molar-refractivity contribution < 1.29 is 9.84 Å². The van der Waals surface area contributed by atoms with Gasteiger partial charge in [-0.25, -0.2) is 0 Å². The second kappa shape index (κ2) is 11.0. The molecule has 0 spiro atoms. The van der Waals surface area contributed by atoms with E-state index in [2.05, 4.69) is 30.3 Å². The molecular formula is C16H27NO2. The number of hydrogen-bond donors (Lipinski definition) is 2. The molecule has 1 aromatic rings. The zero-order valence-corrected chi connectivity index (χ0v) is 11.8. The van der Waals surface area contributed by atoms with Gasteiger partial charge < -0.3 is 15.6 Å². The van der Waals surface area contributed by atoms with E-state index >= 15 is 0 Å². The molecule has 0 aliphatic carbocycles. The minimum absolute atomic E-state index is 0.277. The molecule has 0 saturated heterocycles. The Kier molecular flexibility index (Phi) is 9.33. The summed E-state index contributed by atoms with van der Waals surface area (Å²) >= 11 is 0. The van der Waals surface area contributed by atoms with Crippen LogP contribution in [-0.2, 0) is 11.2 Å². The Morgan fingerprint density at radius 3 is 2.42 bits per heavy atom. The van der Waals surface area contributed by atoms with Crippen LogP contribution in [0, 0.1) is 0 Å². The van der Waals surface area contributed by atoms with Crippen molar-refractivity contribution in [3.63, 3.8) is 0 Å². The number of nitrogens with two attached hydrogens (primary N) is 1. The maximum atomic E-state index is 9.19. The zero-order valence-electron chi connectivity index (χ0n) is 11.8. The fraction of sp³-hybridized carbons (Fsp3) is 0.625. The third-order valence-electron chi connectivity index (χ3n) is 3.18. The number of aliphatic hydroxyl groups is 1. The van der Waals surface area contributed by atoms with E-state index in [1.807, 2.05) is 0 Å². The Bertz CT molecular complexity index is 303. The average Bonchev–Trinajstić information content (AvgIpc) is 2.46. The molecule has 0 amide bonds. The Morgan fingerprint density at radius 1 is 1.00 bits per heavy atom. The number of benzene rings is 1. The first-order valence-corrected chi connectivity index (χ1v) is 7.32. The Balaban J connectivity index is 1.84. The van der Waals surface area contributed by atoms with Gasteiger partial charge in [-0.2, -0.15) is 0 Å². The largest absolute Gasteiger partial charge is 0.389 e. The lowest BCUT2D eigenvalue weighted by molar-refractivity contribution is 0.0396. The van der Waals surface area contributed by atoms with E-state index in [4.69, 9.17) is 10.5 Å². The van der Waals surface area contributed by atoms with Gasteiger partial charge in [0.2, 0.25) is 0 Å². The molecule has 1 atom stereocenters. The summed E-state index contributed by atoms with van der Waals surface area (Å²) in [6.45, 7) is 1.37. The zero-order chi connectivity index (χ0) is 13.8. The van der Waals surface area contributed by atoms with Gasteiger partial charge in [-0.1, -0.05) is 49.6 Å². The molecule has 1 aromatic carbocycles. The van der Waals surface area contributed by atoms with Gasteiger partial charge in [-0.3, -0.25) is 0 Å². The Labute approximate surface area is 116 Å². The van der Waals surface area contributed by atoms with Crippen LogP contribution in [0.25, 0.3) is 0 Å². The predicted octanol–water partition coefficient (Wildman–Crippen LogP) is 2.52. The number of unbranched alkanes of at least 4 members (excludes halogenated alkanes) is 4. The normalized spacial score (nSPS) is 12.5. The second-order valence-electron chi connectivity index (χ2n) is 4.97. The summed E-state index contributed by atoms with van der Waals surface area (Å²) in [6, 6.07) is 10.6. The van der Waals surface area contributed by atoms with Crippen LogP contribution in [0.1, 0.15) is 37.7 Å². The first-order valence-electron chi connectivity index (χ1n) is 7.32. The fourth-order valence-corrected chi connectivity index (χ4v) is 2.00. The highest BCUT2D eigenvalue weighted by molar-refractivity contribution is 5.14. The van der Waals surface area contributed by atoms with Gasteiger partial charge in [0.15, 0.2) is 0 Å². The van der Waals surface area contributed by atoms with E-state index in [1.165, 1.54) is 37.7 Å². The monoisotopic (exact) mass is 265 g/mol. The second-order valence-corrected chi connectivity index (χ2v) is 4.97. The first kappa shape index (κ1) is 16.2. The highest BCUT2D eigenvalue weighted by Crippen LogP contribution is 2.08. The molecule has 0 fully saturated rings. The minimum atomic E-state index is -0.508. The van der Waals surface area contributed by atoms with E-state index in [9.17, 15) is 5.11 Å². The van der Waals surface area contributed by atoms with Crippen LogP contribution in [0.3, 0.4) is 0 Å². The van der Waals surface area contributed by atoms with Gasteiger partial charge in [0.1, 0.15) is 0 Å². The van der Waals surface area contributed by atoms with Gasteiger partial charge >= 0.3 is 0 Å². The first-order chi connectivity index (χ1) is 9.33. The third kappa shape index (κ3) is 8.76. The van der Waals surface area contributed by atoms with Gasteiger partial charge in [0.05, 0.1) is 12.7 Å². The summed E-state index contributed by atoms with van der Waals surface area (Å²) in [4.78, 5) is 0. The molecule has 0 bridgehead atoms. The summed E-state index contributed by atoms with van der Waals surface area (Å²) in [5.41, 5.74) is 6.72. The van der Waals surface area contributed by atoms with Crippen molar-refractivity contribution in [3.05, 3.63) is 35.9 Å². The topological polar surface area (TPSA) is 55.5 Å². The molecule has 0 radical (unpaired) electrons. The van der Waals surface area contributed by atoms with E-state index in [0.29, 0.717) is 6.61 Å². The molecule has 3 nitrogen and oxygen atoms in total. The van der Waals surface area contributed by atoms with Crippen molar-refractivity contribution in [2.45, 2.75) is 44.6 Å². The molecule has 0 aliphatic rings. The van der Waals surface area contributed by atoms with Crippen LogP contribution < -0.4 is 5.73 Å².